The van der Waals surface area contributed by atoms with Crippen LogP contribution in [0.15, 0.2) is 0 Å². The number of hydrogen-bond donors (Lipinski definition) is 1. The van der Waals surface area contributed by atoms with Crippen LogP contribution in [0.25, 0.3) is 0 Å². The van der Waals surface area contributed by atoms with Gasteiger partial charge in [-0.15, -0.1) is 11.6 Å². The Kier molecular flexibility index (Phi) is 4.96. The zero-order chi connectivity index (χ0) is 9.68. The normalized spacial score (nSPS) is 18.3. The van der Waals surface area contributed by atoms with Gasteiger partial charge >= 0.3 is 0 Å². The fraction of sp³-hybridized carbons (Fsp3) is 0.889. The summed E-state index contributed by atoms with van der Waals surface area (Å²) in [7, 11) is 0. The number of carbonyl (C=O) groups excluding carboxylic acids is 1. The van der Waals surface area contributed by atoms with Crippen molar-refractivity contribution in [3.8, 4) is 0 Å². The number of alkyl halides is 1. The summed E-state index contributed by atoms with van der Waals surface area (Å²) in [4.78, 5) is 11.3. The average molecular weight is 222 g/mol. The van der Waals surface area contributed by atoms with E-state index >= 15 is 0 Å². The average Bonchev–Trinajstić information content (AvgIpc) is 2.88. The second-order valence-electron chi connectivity index (χ2n) is 3.24. The first-order valence-electron chi connectivity index (χ1n) is 4.76. The Morgan fingerprint density at radius 3 is 2.92 bits per heavy atom. The largest absolute Gasteiger partial charge is 0.352 e. The Labute approximate surface area is 88.8 Å². The highest BCUT2D eigenvalue weighted by Gasteiger charge is 2.26. The van der Waals surface area contributed by atoms with Crippen LogP contribution in [0.2, 0.25) is 0 Å². The molecule has 0 heterocycles. The Morgan fingerprint density at radius 2 is 2.38 bits per heavy atom. The smallest absolute Gasteiger partial charge is 0.238 e. The van der Waals surface area contributed by atoms with Gasteiger partial charge in [-0.1, -0.05) is 6.92 Å². The van der Waals surface area contributed by atoms with Crippen LogP contribution >= 0.6 is 23.4 Å². The second-order valence-corrected chi connectivity index (χ2v) is 5.16. The van der Waals surface area contributed by atoms with Crippen LogP contribution in [0.4, 0.5) is 0 Å². The highest BCUT2D eigenvalue weighted by Crippen LogP contribution is 2.19. The van der Waals surface area contributed by atoms with E-state index in [4.69, 9.17) is 11.6 Å². The van der Waals surface area contributed by atoms with Gasteiger partial charge in [-0.2, -0.15) is 11.8 Å². The Hall–Kier alpha value is 0.110. The van der Waals surface area contributed by atoms with Gasteiger partial charge in [-0.25, -0.2) is 0 Å². The molecular formula is C9H16ClNOS. The van der Waals surface area contributed by atoms with Crippen LogP contribution in [0.1, 0.15) is 26.2 Å². The quantitative estimate of drug-likeness (QED) is 0.549. The molecule has 1 N–H and O–H groups in total. The van der Waals surface area contributed by atoms with Gasteiger partial charge in [0.1, 0.15) is 5.38 Å². The lowest BCUT2D eigenvalue weighted by Crippen LogP contribution is -2.33. The van der Waals surface area contributed by atoms with E-state index in [0.717, 1.165) is 30.8 Å². The molecule has 1 rings (SSSR count). The standard InChI is InChI=1S/C9H16ClNOS/c1-2-13-6-5-8(10)9(12)11-7-3-4-7/h7-8H,2-6H2,1H3,(H,11,12). The Morgan fingerprint density at radius 1 is 1.69 bits per heavy atom. The van der Waals surface area contributed by atoms with E-state index < -0.39 is 0 Å². The van der Waals surface area contributed by atoms with Crippen molar-refractivity contribution >= 4 is 29.3 Å². The van der Waals surface area contributed by atoms with Gasteiger partial charge in [0.05, 0.1) is 0 Å². The summed E-state index contributed by atoms with van der Waals surface area (Å²) in [6, 6.07) is 0.424. The van der Waals surface area contributed by atoms with Crippen LogP contribution in [-0.4, -0.2) is 28.8 Å². The van der Waals surface area contributed by atoms with E-state index in [0.29, 0.717) is 6.04 Å². The zero-order valence-electron chi connectivity index (χ0n) is 7.88. The molecule has 0 aliphatic heterocycles. The van der Waals surface area contributed by atoms with E-state index in [9.17, 15) is 4.79 Å². The number of halogens is 1. The van der Waals surface area contributed by atoms with Crippen LogP contribution in [0, 0.1) is 0 Å². The fourth-order valence-electron chi connectivity index (χ4n) is 0.982. The molecule has 0 aromatic rings. The molecular weight excluding hydrogens is 206 g/mol. The van der Waals surface area contributed by atoms with Gasteiger partial charge < -0.3 is 5.32 Å². The van der Waals surface area contributed by atoms with E-state index in [-0.39, 0.29) is 11.3 Å². The molecule has 13 heavy (non-hydrogen) atoms. The van der Waals surface area contributed by atoms with Gasteiger partial charge in [0.15, 0.2) is 0 Å². The lowest BCUT2D eigenvalue weighted by molar-refractivity contribution is -0.120. The summed E-state index contributed by atoms with van der Waals surface area (Å²) in [5, 5.41) is 2.57. The highest BCUT2D eigenvalue weighted by atomic mass is 35.5. The van der Waals surface area contributed by atoms with Crippen LogP contribution in [0.5, 0.6) is 0 Å². The van der Waals surface area contributed by atoms with Crippen molar-refractivity contribution in [1.82, 2.24) is 5.32 Å². The van der Waals surface area contributed by atoms with Crippen molar-refractivity contribution in [3.63, 3.8) is 0 Å². The molecule has 0 spiro atoms. The van der Waals surface area contributed by atoms with Gasteiger partial charge in [-0.3, -0.25) is 4.79 Å². The predicted octanol–water partition coefficient (Wildman–Crippen LogP) is 2.02. The number of hydrogen-bond acceptors (Lipinski definition) is 2. The molecule has 1 atom stereocenters. The van der Waals surface area contributed by atoms with E-state index in [2.05, 4.69) is 12.2 Å². The third-order valence-electron chi connectivity index (χ3n) is 1.93. The molecule has 0 aromatic heterocycles. The van der Waals surface area contributed by atoms with Crippen LogP contribution < -0.4 is 5.32 Å². The summed E-state index contributed by atoms with van der Waals surface area (Å²) in [6.45, 7) is 2.11. The molecule has 0 bridgehead atoms. The maximum atomic E-state index is 11.3. The minimum Gasteiger partial charge on any atom is -0.352 e. The summed E-state index contributed by atoms with van der Waals surface area (Å²) < 4.78 is 0. The van der Waals surface area contributed by atoms with Gasteiger partial charge in [0.25, 0.3) is 0 Å². The third kappa shape index (κ3) is 4.77. The zero-order valence-corrected chi connectivity index (χ0v) is 9.46. The first-order chi connectivity index (χ1) is 6.24. The van der Waals surface area contributed by atoms with Gasteiger partial charge in [0, 0.05) is 6.04 Å². The molecule has 2 nitrogen and oxygen atoms in total. The second kappa shape index (κ2) is 5.76. The molecule has 1 aliphatic rings. The molecule has 1 fully saturated rings. The maximum absolute atomic E-state index is 11.3. The van der Waals surface area contributed by atoms with Crippen molar-refractivity contribution in [2.45, 2.75) is 37.6 Å². The van der Waals surface area contributed by atoms with E-state index in [1.165, 1.54) is 0 Å². The number of thioether (sulfide) groups is 1. The van der Waals surface area contributed by atoms with Crippen LogP contribution in [0.3, 0.4) is 0 Å². The maximum Gasteiger partial charge on any atom is 0.238 e. The lowest BCUT2D eigenvalue weighted by atomic mass is 10.3. The minimum atomic E-state index is -0.334. The van der Waals surface area contributed by atoms with Crippen molar-refractivity contribution in [1.29, 1.82) is 0 Å². The van der Waals surface area contributed by atoms with E-state index in [1.807, 2.05) is 11.8 Å². The minimum absolute atomic E-state index is 0.0147. The molecule has 0 radical (unpaired) electrons. The molecule has 0 saturated heterocycles. The SMILES string of the molecule is CCSCCC(Cl)C(=O)NC1CC1. The molecule has 4 heteroatoms. The Bertz CT molecular complexity index is 173. The molecule has 1 amide bonds. The predicted molar refractivity (Wildman–Crippen MR) is 58.4 cm³/mol. The first kappa shape index (κ1) is 11.2. The van der Waals surface area contributed by atoms with Crippen molar-refractivity contribution in [2.75, 3.05) is 11.5 Å². The molecule has 1 unspecified atom stereocenters. The summed E-state index contributed by atoms with van der Waals surface area (Å²) >= 11 is 7.74. The van der Waals surface area contributed by atoms with E-state index in [1.54, 1.807) is 0 Å². The summed E-state index contributed by atoms with van der Waals surface area (Å²) in [5.74, 6) is 2.08. The van der Waals surface area contributed by atoms with Crippen LogP contribution in [-0.2, 0) is 4.79 Å². The first-order valence-corrected chi connectivity index (χ1v) is 6.35. The number of nitrogens with one attached hydrogen (secondary N) is 1. The van der Waals surface area contributed by atoms with Gasteiger partial charge in [-0.05, 0) is 30.8 Å². The fourth-order valence-corrected chi connectivity index (χ4v) is 1.97. The van der Waals surface area contributed by atoms with Crippen molar-refractivity contribution < 1.29 is 4.79 Å². The highest BCUT2D eigenvalue weighted by molar-refractivity contribution is 7.99. The number of rotatable bonds is 6. The third-order valence-corrected chi connectivity index (χ3v) is 3.28. The molecule has 1 saturated carbocycles. The van der Waals surface area contributed by atoms with Crippen molar-refractivity contribution in [3.05, 3.63) is 0 Å². The Balaban J connectivity index is 2.05. The molecule has 1 aliphatic carbocycles. The van der Waals surface area contributed by atoms with Gasteiger partial charge in [0.2, 0.25) is 5.91 Å². The number of carbonyl (C=O) groups is 1. The number of amides is 1. The summed E-state index contributed by atoms with van der Waals surface area (Å²) in [5.41, 5.74) is 0. The topological polar surface area (TPSA) is 29.1 Å². The molecule has 76 valence electrons. The lowest BCUT2D eigenvalue weighted by Gasteiger charge is -2.08. The van der Waals surface area contributed by atoms with Crippen molar-refractivity contribution in [2.24, 2.45) is 0 Å². The molecule has 0 aromatic carbocycles. The monoisotopic (exact) mass is 221 g/mol. The summed E-state index contributed by atoms with van der Waals surface area (Å²) in [6.07, 6.45) is 3.02.